The molecule has 0 spiro atoms. The van der Waals surface area contributed by atoms with Crippen LogP contribution in [-0.4, -0.2) is 25.9 Å². The highest BCUT2D eigenvalue weighted by Gasteiger charge is 2.11. The number of hydrogen-bond acceptors (Lipinski definition) is 6. The molecular formula is C13H11N5O2S. The van der Waals surface area contributed by atoms with Crippen molar-refractivity contribution >= 4 is 29.3 Å². The third kappa shape index (κ3) is 3.23. The third-order valence-electron chi connectivity index (χ3n) is 2.53. The molecule has 0 aliphatic rings. The summed E-state index contributed by atoms with van der Waals surface area (Å²) in [6.07, 6.45) is 4.90. The van der Waals surface area contributed by atoms with Crippen LogP contribution in [-0.2, 0) is 11.8 Å². The van der Waals surface area contributed by atoms with Crippen LogP contribution in [0, 0.1) is 0 Å². The van der Waals surface area contributed by atoms with Crippen molar-refractivity contribution in [3.8, 4) is 11.6 Å². The fourth-order valence-electron chi connectivity index (χ4n) is 1.60. The molecule has 3 aromatic rings. The number of thiophene rings is 1. The quantitative estimate of drug-likeness (QED) is 0.746. The summed E-state index contributed by atoms with van der Waals surface area (Å²) in [5.74, 6) is -0.0762. The molecule has 8 heteroatoms. The van der Waals surface area contributed by atoms with Crippen LogP contribution in [0.5, 0.6) is 0 Å². The Labute approximate surface area is 123 Å². The normalized spacial score (nSPS) is 11.1. The number of carbonyl (C=O) groups is 1. The number of carbonyl (C=O) groups excluding carboxylic acids is 1. The number of amides is 1. The van der Waals surface area contributed by atoms with E-state index in [1.807, 2.05) is 17.5 Å². The number of hydrogen-bond donors (Lipinski definition) is 1. The van der Waals surface area contributed by atoms with Gasteiger partial charge in [-0.25, -0.2) is 0 Å². The van der Waals surface area contributed by atoms with Gasteiger partial charge in [-0.3, -0.25) is 14.8 Å². The van der Waals surface area contributed by atoms with E-state index in [1.54, 1.807) is 41.4 Å². The van der Waals surface area contributed by atoms with Gasteiger partial charge >= 0.3 is 6.01 Å². The van der Waals surface area contributed by atoms with Gasteiger partial charge in [-0.05, 0) is 23.6 Å². The first kappa shape index (κ1) is 13.3. The molecule has 0 saturated heterocycles. The summed E-state index contributed by atoms with van der Waals surface area (Å²) in [6, 6.07) is 5.62. The molecule has 0 bridgehead atoms. The molecule has 106 valence electrons. The van der Waals surface area contributed by atoms with Crippen molar-refractivity contribution in [2.75, 3.05) is 5.32 Å². The molecule has 0 aliphatic heterocycles. The van der Waals surface area contributed by atoms with Crippen molar-refractivity contribution in [2.45, 2.75) is 0 Å². The molecule has 0 unspecified atom stereocenters. The van der Waals surface area contributed by atoms with Gasteiger partial charge in [0.1, 0.15) is 5.69 Å². The average Bonchev–Trinajstić information content (AvgIpc) is 3.17. The Kier molecular flexibility index (Phi) is 3.61. The first-order chi connectivity index (χ1) is 10.2. The second-order valence-electron chi connectivity index (χ2n) is 4.13. The summed E-state index contributed by atoms with van der Waals surface area (Å²) in [5, 5.41) is 16.2. The lowest BCUT2D eigenvalue weighted by Gasteiger charge is -1.93. The first-order valence-corrected chi connectivity index (χ1v) is 6.95. The number of nitrogens with one attached hydrogen (secondary N) is 1. The Bertz CT molecular complexity index is 772. The second kappa shape index (κ2) is 5.71. The van der Waals surface area contributed by atoms with Gasteiger partial charge in [0.2, 0.25) is 0 Å². The second-order valence-corrected chi connectivity index (χ2v) is 5.10. The zero-order valence-corrected chi connectivity index (χ0v) is 11.9. The predicted molar refractivity (Wildman–Crippen MR) is 78.5 cm³/mol. The Balaban J connectivity index is 1.65. The molecule has 3 aromatic heterocycles. The zero-order chi connectivity index (χ0) is 14.7. The van der Waals surface area contributed by atoms with E-state index in [-0.39, 0.29) is 17.8 Å². The number of anilines is 1. The monoisotopic (exact) mass is 301 g/mol. The summed E-state index contributed by atoms with van der Waals surface area (Å²) in [7, 11) is 1.79. The number of nitrogens with zero attached hydrogens (tertiary/aromatic N) is 4. The minimum absolute atomic E-state index is 0.0384. The van der Waals surface area contributed by atoms with E-state index < -0.39 is 0 Å². The molecule has 3 rings (SSSR count). The Morgan fingerprint density at radius 1 is 1.43 bits per heavy atom. The molecular weight excluding hydrogens is 290 g/mol. The van der Waals surface area contributed by atoms with Gasteiger partial charge in [-0.1, -0.05) is 11.2 Å². The maximum atomic E-state index is 11.7. The SMILES string of the molecule is Cn1ccc(-c2nnc(NC(=O)/C=C/c3cccs3)o2)n1. The van der Waals surface area contributed by atoms with Crippen LogP contribution >= 0.6 is 11.3 Å². The van der Waals surface area contributed by atoms with Crippen molar-refractivity contribution in [3.63, 3.8) is 0 Å². The molecule has 0 aromatic carbocycles. The summed E-state index contributed by atoms with van der Waals surface area (Å²) in [6.45, 7) is 0. The fraction of sp³-hybridized carbons (Fsp3) is 0.0769. The van der Waals surface area contributed by atoms with Crippen LogP contribution in [0.2, 0.25) is 0 Å². The van der Waals surface area contributed by atoms with Crippen molar-refractivity contribution in [3.05, 3.63) is 40.7 Å². The largest absolute Gasteiger partial charge is 0.401 e. The van der Waals surface area contributed by atoms with Crippen LogP contribution in [0.15, 0.2) is 40.3 Å². The van der Waals surface area contributed by atoms with Crippen LogP contribution in [0.3, 0.4) is 0 Å². The van der Waals surface area contributed by atoms with Crippen LogP contribution in [0.25, 0.3) is 17.7 Å². The molecule has 1 amide bonds. The van der Waals surface area contributed by atoms with Gasteiger partial charge in [-0.15, -0.1) is 16.4 Å². The highest BCUT2D eigenvalue weighted by molar-refractivity contribution is 7.10. The minimum Gasteiger partial charge on any atom is -0.401 e. The van der Waals surface area contributed by atoms with Crippen molar-refractivity contribution in [1.82, 2.24) is 20.0 Å². The molecule has 3 heterocycles. The number of rotatable bonds is 4. The predicted octanol–water partition coefficient (Wildman–Crippen LogP) is 2.18. The third-order valence-corrected chi connectivity index (χ3v) is 3.37. The highest BCUT2D eigenvalue weighted by Crippen LogP contribution is 2.17. The molecule has 7 nitrogen and oxygen atoms in total. The Hall–Kier alpha value is -2.74. The zero-order valence-electron chi connectivity index (χ0n) is 11.1. The number of aryl methyl sites for hydroxylation is 1. The summed E-state index contributed by atoms with van der Waals surface area (Å²) >= 11 is 1.55. The lowest BCUT2D eigenvalue weighted by molar-refractivity contribution is -0.112. The average molecular weight is 301 g/mol. The molecule has 0 aliphatic carbocycles. The Morgan fingerprint density at radius 2 is 2.33 bits per heavy atom. The maximum Gasteiger partial charge on any atom is 0.322 e. The van der Waals surface area contributed by atoms with Crippen molar-refractivity contribution in [2.24, 2.45) is 7.05 Å². The maximum absolute atomic E-state index is 11.7. The number of aromatic nitrogens is 4. The molecule has 0 fully saturated rings. The van der Waals surface area contributed by atoms with Gasteiger partial charge in [0.05, 0.1) is 0 Å². The van der Waals surface area contributed by atoms with E-state index in [9.17, 15) is 4.79 Å². The lowest BCUT2D eigenvalue weighted by atomic mass is 10.4. The van der Waals surface area contributed by atoms with Crippen LogP contribution < -0.4 is 5.32 Å². The Morgan fingerprint density at radius 3 is 3.05 bits per heavy atom. The van der Waals surface area contributed by atoms with Gasteiger partial charge in [-0.2, -0.15) is 5.10 Å². The van der Waals surface area contributed by atoms with Gasteiger partial charge < -0.3 is 4.42 Å². The van der Waals surface area contributed by atoms with E-state index in [0.717, 1.165) is 4.88 Å². The summed E-state index contributed by atoms with van der Waals surface area (Å²) in [4.78, 5) is 12.7. The fourth-order valence-corrected chi connectivity index (χ4v) is 2.22. The van der Waals surface area contributed by atoms with Crippen LogP contribution in [0.1, 0.15) is 4.88 Å². The highest BCUT2D eigenvalue weighted by atomic mass is 32.1. The lowest BCUT2D eigenvalue weighted by Crippen LogP contribution is -2.07. The summed E-state index contributed by atoms with van der Waals surface area (Å²) < 4.78 is 6.96. The van der Waals surface area contributed by atoms with Gasteiger partial charge in [0.15, 0.2) is 0 Å². The van der Waals surface area contributed by atoms with Crippen molar-refractivity contribution < 1.29 is 9.21 Å². The van der Waals surface area contributed by atoms with E-state index in [1.165, 1.54) is 6.08 Å². The van der Waals surface area contributed by atoms with E-state index in [0.29, 0.717) is 5.69 Å². The molecule has 1 N–H and O–H groups in total. The van der Waals surface area contributed by atoms with Gasteiger partial charge in [0, 0.05) is 24.2 Å². The van der Waals surface area contributed by atoms with E-state index in [4.69, 9.17) is 4.42 Å². The molecule has 21 heavy (non-hydrogen) atoms. The topological polar surface area (TPSA) is 85.8 Å². The standard InChI is InChI=1S/C13H11N5O2S/c1-18-7-6-10(17-18)12-15-16-13(20-12)14-11(19)5-4-9-3-2-8-21-9/h2-8H,1H3,(H,14,16,19)/b5-4+. The van der Waals surface area contributed by atoms with Crippen molar-refractivity contribution in [1.29, 1.82) is 0 Å². The van der Waals surface area contributed by atoms with Gasteiger partial charge in [0.25, 0.3) is 11.8 Å². The molecule has 0 atom stereocenters. The summed E-state index contributed by atoms with van der Waals surface area (Å²) in [5.41, 5.74) is 0.555. The smallest absolute Gasteiger partial charge is 0.322 e. The molecule has 0 saturated carbocycles. The van der Waals surface area contributed by atoms with Crippen LogP contribution in [0.4, 0.5) is 6.01 Å². The minimum atomic E-state index is -0.334. The first-order valence-electron chi connectivity index (χ1n) is 6.07. The van der Waals surface area contributed by atoms with E-state index in [2.05, 4.69) is 20.6 Å². The molecule has 0 radical (unpaired) electrons. The van der Waals surface area contributed by atoms with E-state index >= 15 is 0 Å².